The van der Waals surface area contributed by atoms with E-state index in [-0.39, 0.29) is 17.8 Å². The van der Waals surface area contributed by atoms with Crippen LogP contribution in [0.15, 0.2) is 0 Å². The highest BCUT2D eigenvalue weighted by molar-refractivity contribution is 5.82. The molecule has 1 amide bonds. The molecule has 1 rings (SSSR count). The van der Waals surface area contributed by atoms with E-state index in [2.05, 4.69) is 10.1 Å². The summed E-state index contributed by atoms with van der Waals surface area (Å²) in [6.45, 7) is 0.392. The molecule has 80 valence electrons. The molecule has 1 aliphatic rings. The summed E-state index contributed by atoms with van der Waals surface area (Å²) in [4.78, 5) is 22.4. The molecule has 0 radical (unpaired) electrons. The molecule has 0 aromatic rings. The van der Waals surface area contributed by atoms with E-state index < -0.39 is 6.04 Å². The molecule has 1 aliphatic heterocycles. The van der Waals surface area contributed by atoms with E-state index >= 15 is 0 Å². The Kier molecular flexibility index (Phi) is 3.43. The molecule has 2 atom stereocenters. The van der Waals surface area contributed by atoms with E-state index in [4.69, 9.17) is 5.21 Å². The van der Waals surface area contributed by atoms with Crippen molar-refractivity contribution < 1.29 is 19.5 Å². The van der Waals surface area contributed by atoms with Gasteiger partial charge in [0.15, 0.2) is 0 Å². The van der Waals surface area contributed by atoms with Crippen molar-refractivity contribution in [2.24, 2.45) is 5.92 Å². The molecule has 0 spiro atoms. The van der Waals surface area contributed by atoms with E-state index in [1.807, 2.05) is 0 Å². The fourth-order valence-corrected chi connectivity index (χ4v) is 1.51. The first-order valence-corrected chi connectivity index (χ1v) is 4.34. The van der Waals surface area contributed by atoms with Gasteiger partial charge in [0.2, 0.25) is 5.91 Å². The highest BCUT2D eigenvalue weighted by Gasteiger charge is 2.35. The molecule has 0 unspecified atom stereocenters. The molecule has 0 aliphatic carbocycles. The van der Waals surface area contributed by atoms with Crippen LogP contribution in [0.4, 0.5) is 0 Å². The number of methoxy groups -OCH3 is 1. The standard InChI is InChI=1S/C8H14N2O4/c1-10(13)7(11)5-3-6(9-4-5)8(12)14-2/h5-6,9,13H,3-4H2,1-2H3/t5-,6-/m0/s1. The Morgan fingerprint density at radius 1 is 1.57 bits per heavy atom. The van der Waals surface area contributed by atoms with Gasteiger partial charge in [-0.3, -0.25) is 14.8 Å². The number of ether oxygens (including phenoxy) is 1. The first kappa shape index (κ1) is 10.9. The largest absolute Gasteiger partial charge is 0.468 e. The average molecular weight is 202 g/mol. The topological polar surface area (TPSA) is 78.9 Å². The molecular weight excluding hydrogens is 188 g/mol. The lowest BCUT2D eigenvalue weighted by Gasteiger charge is -2.12. The highest BCUT2D eigenvalue weighted by atomic mass is 16.5. The van der Waals surface area contributed by atoms with E-state index in [1.165, 1.54) is 14.2 Å². The lowest BCUT2D eigenvalue weighted by atomic mass is 10.1. The minimum Gasteiger partial charge on any atom is -0.468 e. The maximum absolute atomic E-state index is 11.3. The van der Waals surface area contributed by atoms with Gasteiger partial charge in [0.1, 0.15) is 6.04 Å². The number of amides is 1. The summed E-state index contributed by atoms with van der Waals surface area (Å²) in [6, 6.07) is -0.436. The Morgan fingerprint density at radius 2 is 2.21 bits per heavy atom. The Bertz CT molecular complexity index is 241. The van der Waals surface area contributed by atoms with Gasteiger partial charge in [-0.05, 0) is 6.42 Å². The Morgan fingerprint density at radius 3 is 2.71 bits per heavy atom. The van der Waals surface area contributed by atoms with Gasteiger partial charge in [-0.1, -0.05) is 0 Å². The molecule has 1 heterocycles. The summed E-state index contributed by atoms with van der Waals surface area (Å²) in [5.74, 6) is -1.11. The molecular formula is C8H14N2O4. The second-order valence-corrected chi connectivity index (χ2v) is 3.28. The zero-order valence-corrected chi connectivity index (χ0v) is 8.19. The van der Waals surface area contributed by atoms with Gasteiger partial charge in [-0.2, -0.15) is 0 Å². The summed E-state index contributed by atoms with van der Waals surface area (Å²) < 4.78 is 4.53. The lowest BCUT2D eigenvalue weighted by molar-refractivity contribution is -0.163. The molecule has 2 N–H and O–H groups in total. The van der Waals surface area contributed by atoms with Gasteiger partial charge >= 0.3 is 5.97 Å². The SMILES string of the molecule is COC(=O)[C@@H]1C[C@H](C(=O)N(C)O)CN1. The van der Waals surface area contributed by atoms with E-state index in [0.717, 1.165) is 0 Å². The Hall–Kier alpha value is -1.14. The van der Waals surface area contributed by atoms with Crippen molar-refractivity contribution in [3.05, 3.63) is 0 Å². The van der Waals surface area contributed by atoms with Crippen molar-refractivity contribution in [2.45, 2.75) is 12.5 Å². The van der Waals surface area contributed by atoms with Crippen molar-refractivity contribution in [3.8, 4) is 0 Å². The number of hydroxylamine groups is 2. The van der Waals surface area contributed by atoms with Crippen molar-refractivity contribution in [1.82, 2.24) is 10.4 Å². The summed E-state index contributed by atoms with van der Waals surface area (Å²) in [5, 5.41) is 12.3. The van der Waals surface area contributed by atoms with E-state index in [1.54, 1.807) is 0 Å². The van der Waals surface area contributed by atoms with Gasteiger partial charge in [0.25, 0.3) is 0 Å². The van der Waals surface area contributed by atoms with Crippen LogP contribution in [0.25, 0.3) is 0 Å². The van der Waals surface area contributed by atoms with Crippen LogP contribution in [-0.2, 0) is 14.3 Å². The van der Waals surface area contributed by atoms with Gasteiger partial charge in [-0.25, -0.2) is 5.06 Å². The third kappa shape index (κ3) is 2.21. The average Bonchev–Trinajstić information content (AvgIpc) is 2.64. The predicted molar refractivity (Wildman–Crippen MR) is 46.5 cm³/mol. The molecule has 0 bridgehead atoms. The first-order valence-electron chi connectivity index (χ1n) is 4.34. The fourth-order valence-electron chi connectivity index (χ4n) is 1.51. The number of carbonyl (C=O) groups is 2. The van der Waals surface area contributed by atoms with E-state index in [9.17, 15) is 9.59 Å². The van der Waals surface area contributed by atoms with Crippen LogP contribution in [0.2, 0.25) is 0 Å². The van der Waals surface area contributed by atoms with Crippen LogP contribution in [0.1, 0.15) is 6.42 Å². The number of carbonyl (C=O) groups excluding carboxylic acids is 2. The zero-order valence-electron chi connectivity index (χ0n) is 8.19. The monoisotopic (exact) mass is 202 g/mol. The van der Waals surface area contributed by atoms with Crippen molar-refractivity contribution in [1.29, 1.82) is 0 Å². The van der Waals surface area contributed by atoms with Gasteiger partial charge in [-0.15, -0.1) is 0 Å². The molecule has 0 aromatic heterocycles. The molecule has 1 saturated heterocycles. The maximum Gasteiger partial charge on any atom is 0.322 e. The number of esters is 1. The van der Waals surface area contributed by atoms with Gasteiger partial charge < -0.3 is 10.1 Å². The number of rotatable bonds is 2. The second kappa shape index (κ2) is 4.39. The first-order chi connectivity index (χ1) is 6.56. The Balaban J connectivity index is 2.49. The molecule has 6 heteroatoms. The van der Waals surface area contributed by atoms with Crippen LogP contribution in [-0.4, -0.2) is 48.9 Å². The third-order valence-corrected chi connectivity index (χ3v) is 2.28. The number of nitrogens with one attached hydrogen (secondary N) is 1. The lowest BCUT2D eigenvalue weighted by Crippen LogP contribution is -2.31. The molecule has 6 nitrogen and oxygen atoms in total. The fraction of sp³-hybridized carbons (Fsp3) is 0.750. The zero-order chi connectivity index (χ0) is 10.7. The highest BCUT2D eigenvalue weighted by Crippen LogP contribution is 2.16. The minimum absolute atomic E-state index is 0.353. The van der Waals surface area contributed by atoms with Crippen molar-refractivity contribution in [2.75, 3.05) is 20.7 Å². The van der Waals surface area contributed by atoms with Gasteiger partial charge in [0, 0.05) is 13.6 Å². The molecule has 14 heavy (non-hydrogen) atoms. The minimum atomic E-state index is -0.436. The predicted octanol–water partition coefficient (Wildman–Crippen LogP) is -1.01. The second-order valence-electron chi connectivity index (χ2n) is 3.28. The molecule has 1 fully saturated rings. The van der Waals surface area contributed by atoms with Crippen LogP contribution < -0.4 is 5.32 Å². The van der Waals surface area contributed by atoms with Crippen LogP contribution >= 0.6 is 0 Å². The summed E-state index contributed by atoms with van der Waals surface area (Å²) in [7, 11) is 2.57. The van der Waals surface area contributed by atoms with Crippen LogP contribution in [0, 0.1) is 5.92 Å². The normalized spacial score (nSPS) is 25.9. The van der Waals surface area contributed by atoms with E-state index in [0.29, 0.717) is 18.0 Å². The number of nitrogens with zero attached hydrogens (tertiary/aromatic N) is 1. The van der Waals surface area contributed by atoms with Crippen molar-refractivity contribution >= 4 is 11.9 Å². The number of hydrogen-bond acceptors (Lipinski definition) is 5. The molecule has 0 aromatic carbocycles. The summed E-state index contributed by atoms with van der Waals surface area (Å²) in [5.41, 5.74) is 0. The molecule has 0 saturated carbocycles. The summed E-state index contributed by atoms with van der Waals surface area (Å²) >= 11 is 0. The number of hydrogen-bond donors (Lipinski definition) is 2. The van der Waals surface area contributed by atoms with Crippen molar-refractivity contribution in [3.63, 3.8) is 0 Å². The van der Waals surface area contributed by atoms with Crippen LogP contribution in [0.5, 0.6) is 0 Å². The van der Waals surface area contributed by atoms with Gasteiger partial charge in [0.05, 0.1) is 13.0 Å². The Labute approximate surface area is 81.8 Å². The smallest absolute Gasteiger partial charge is 0.322 e. The quantitative estimate of drug-likeness (QED) is 0.340. The van der Waals surface area contributed by atoms with Crippen LogP contribution in [0.3, 0.4) is 0 Å². The third-order valence-electron chi connectivity index (χ3n) is 2.28. The summed E-state index contributed by atoms with van der Waals surface area (Å²) in [6.07, 6.45) is 0.371. The maximum atomic E-state index is 11.3.